The highest BCUT2D eigenvalue weighted by atomic mass is 127. The minimum atomic E-state index is -0.533. The zero-order valence-electron chi connectivity index (χ0n) is 11.1. The van der Waals surface area contributed by atoms with Gasteiger partial charge in [-0.15, -0.1) is 0 Å². The minimum absolute atomic E-state index is 0.134. The van der Waals surface area contributed by atoms with E-state index in [9.17, 15) is 10.0 Å². The standard InChI is InChI=1S/C14H15IN2O3/c1-2-20-14(18)12-8-16-5-3-4-9-6-10(15)7-11(13(9)16)17(12)19/h6-8,17H,2-5H2,1H3. The van der Waals surface area contributed by atoms with Crippen LogP contribution in [0.15, 0.2) is 24.0 Å². The van der Waals surface area contributed by atoms with Crippen molar-refractivity contribution in [3.63, 3.8) is 0 Å². The molecule has 2 aliphatic rings. The molecule has 2 heterocycles. The van der Waals surface area contributed by atoms with Crippen LogP contribution in [0.3, 0.4) is 0 Å². The van der Waals surface area contributed by atoms with Crippen molar-refractivity contribution in [3.8, 4) is 0 Å². The van der Waals surface area contributed by atoms with Crippen molar-refractivity contribution in [1.82, 2.24) is 0 Å². The number of carbonyl (C=O) groups is 1. The summed E-state index contributed by atoms with van der Waals surface area (Å²) in [7, 11) is 0. The van der Waals surface area contributed by atoms with Crippen molar-refractivity contribution in [1.29, 1.82) is 0 Å². The topological polar surface area (TPSA) is 57.0 Å². The minimum Gasteiger partial charge on any atom is -0.623 e. The van der Waals surface area contributed by atoms with Gasteiger partial charge in [0.25, 0.3) is 0 Å². The van der Waals surface area contributed by atoms with Gasteiger partial charge in [-0.25, -0.2) is 4.79 Å². The van der Waals surface area contributed by atoms with Gasteiger partial charge in [0.05, 0.1) is 12.8 Å². The number of nitrogens with zero attached hydrogens (tertiary/aromatic N) is 1. The lowest BCUT2D eigenvalue weighted by Gasteiger charge is -2.37. The second-order valence-corrected chi connectivity index (χ2v) is 6.10. The Morgan fingerprint density at radius 2 is 2.35 bits per heavy atom. The molecule has 5 nitrogen and oxygen atoms in total. The molecule has 0 saturated heterocycles. The fourth-order valence-corrected chi connectivity index (χ4v) is 3.44. The van der Waals surface area contributed by atoms with Crippen LogP contribution in [-0.2, 0) is 16.0 Å². The highest BCUT2D eigenvalue weighted by Crippen LogP contribution is 2.36. The smallest absolute Gasteiger partial charge is 0.395 e. The Labute approximate surface area is 130 Å². The highest BCUT2D eigenvalue weighted by molar-refractivity contribution is 14.1. The number of hydrogen-bond donors (Lipinski definition) is 1. The van der Waals surface area contributed by atoms with E-state index in [4.69, 9.17) is 4.74 Å². The molecular formula is C14H15IN2O3. The molecule has 0 spiro atoms. The fraction of sp³-hybridized carbons (Fsp3) is 0.357. The summed E-state index contributed by atoms with van der Waals surface area (Å²) in [6, 6.07) is 3.97. The van der Waals surface area contributed by atoms with Gasteiger partial charge in [0, 0.05) is 16.2 Å². The largest absolute Gasteiger partial charge is 0.623 e. The predicted octanol–water partition coefficient (Wildman–Crippen LogP) is 1.48. The molecule has 6 heteroatoms. The van der Waals surface area contributed by atoms with Crippen LogP contribution in [0.1, 0.15) is 18.9 Å². The molecule has 0 aromatic heterocycles. The van der Waals surface area contributed by atoms with Gasteiger partial charge in [-0.3, -0.25) is 5.06 Å². The van der Waals surface area contributed by atoms with Crippen LogP contribution in [0.2, 0.25) is 0 Å². The molecule has 1 N–H and O–H groups in total. The predicted molar refractivity (Wildman–Crippen MR) is 83.5 cm³/mol. The number of nitrogens with one attached hydrogen (secondary N) is 1. The van der Waals surface area contributed by atoms with E-state index in [1.54, 1.807) is 13.1 Å². The molecule has 0 bridgehead atoms. The van der Waals surface area contributed by atoms with E-state index in [1.807, 2.05) is 11.0 Å². The van der Waals surface area contributed by atoms with Crippen molar-refractivity contribution >= 4 is 39.9 Å². The molecule has 106 valence electrons. The number of benzene rings is 1. The van der Waals surface area contributed by atoms with Crippen LogP contribution in [0.4, 0.5) is 11.4 Å². The molecule has 3 rings (SSSR count). The maximum atomic E-state index is 12.5. The van der Waals surface area contributed by atoms with Gasteiger partial charge < -0.3 is 14.8 Å². The summed E-state index contributed by atoms with van der Waals surface area (Å²) < 4.78 is 6.01. The van der Waals surface area contributed by atoms with E-state index >= 15 is 0 Å². The molecule has 1 aromatic rings. The number of ether oxygens (including phenoxy) is 1. The van der Waals surface area contributed by atoms with Crippen LogP contribution < -0.4 is 9.96 Å². The third-order valence-electron chi connectivity index (χ3n) is 3.56. The SMILES string of the molecule is CCOC(=O)C1=CN2CCCc3cc(I)cc(c32)[NH+]1[O-]. The zero-order chi connectivity index (χ0) is 14.3. The first-order chi connectivity index (χ1) is 9.61. The van der Waals surface area contributed by atoms with Crippen LogP contribution in [-0.4, -0.2) is 19.1 Å². The van der Waals surface area contributed by atoms with Crippen LogP contribution in [0.5, 0.6) is 0 Å². The Bertz CT molecular complexity index is 600. The molecule has 0 aliphatic carbocycles. The zero-order valence-corrected chi connectivity index (χ0v) is 13.3. The summed E-state index contributed by atoms with van der Waals surface area (Å²) in [5, 5.41) is 12.3. The van der Waals surface area contributed by atoms with Crippen LogP contribution >= 0.6 is 22.6 Å². The number of aryl methyl sites for hydroxylation is 1. The lowest BCUT2D eigenvalue weighted by atomic mass is 9.99. The lowest BCUT2D eigenvalue weighted by molar-refractivity contribution is -0.726. The van der Waals surface area contributed by atoms with Crippen molar-refractivity contribution in [3.05, 3.63) is 38.4 Å². The van der Waals surface area contributed by atoms with Gasteiger partial charge in [-0.2, -0.15) is 0 Å². The van der Waals surface area contributed by atoms with Gasteiger partial charge in [-0.1, -0.05) is 0 Å². The number of anilines is 1. The Kier molecular flexibility index (Phi) is 3.70. The van der Waals surface area contributed by atoms with E-state index in [1.165, 1.54) is 5.56 Å². The molecular weight excluding hydrogens is 371 g/mol. The molecule has 0 radical (unpaired) electrons. The average Bonchev–Trinajstić information content (AvgIpc) is 2.42. The maximum absolute atomic E-state index is 12.5. The van der Waals surface area contributed by atoms with Crippen molar-refractivity contribution in [2.45, 2.75) is 19.8 Å². The van der Waals surface area contributed by atoms with Crippen molar-refractivity contribution < 1.29 is 14.6 Å². The summed E-state index contributed by atoms with van der Waals surface area (Å²) in [4.78, 5) is 13.9. The molecule has 0 amide bonds. The number of esters is 1. The average molecular weight is 386 g/mol. The summed E-state index contributed by atoms with van der Waals surface area (Å²) >= 11 is 2.21. The number of quaternary nitrogens is 1. The molecule has 2 aliphatic heterocycles. The Morgan fingerprint density at radius 3 is 3.10 bits per heavy atom. The molecule has 1 atom stereocenters. The Balaban J connectivity index is 2.09. The Morgan fingerprint density at radius 1 is 1.55 bits per heavy atom. The normalized spacial score (nSPS) is 20.2. The number of hydroxylamine groups is 1. The van der Waals surface area contributed by atoms with Gasteiger partial charge in [0.15, 0.2) is 5.69 Å². The molecule has 1 aromatic carbocycles. The number of rotatable bonds is 2. The van der Waals surface area contributed by atoms with Crippen molar-refractivity contribution in [2.24, 2.45) is 0 Å². The van der Waals surface area contributed by atoms with Gasteiger partial charge in [-0.05, 0) is 54.0 Å². The third kappa shape index (κ3) is 2.21. The van der Waals surface area contributed by atoms with Gasteiger partial charge in [0.1, 0.15) is 5.69 Å². The summed E-state index contributed by atoms with van der Waals surface area (Å²) in [6.45, 7) is 2.84. The molecule has 0 fully saturated rings. The van der Waals surface area contributed by atoms with E-state index in [0.29, 0.717) is 5.69 Å². The second-order valence-electron chi connectivity index (χ2n) is 4.85. The fourth-order valence-electron chi connectivity index (χ4n) is 2.75. The maximum Gasteiger partial charge on any atom is 0.395 e. The monoisotopic (exact) mass is 386 g/mol. The first kappa shape index (κ1) is 13.8. The van der Waals surface area contributed by atoms with Crippen LogP contribution in [0.25, 0.3) is 0 Å². The van der Waals surface area contributed by atoms with E-state index < -0.39 is 5.97 Å². The van der Waals surface area contributed by atoms with Crippen molar-refractivity contribution in [2.75, 3.05) is 18.1 Å². The third-order valence-corrected chi connectivity index (χ3v) is 4.18. The van der Waals surface area contributed by atoms with E-state index in [0.717, 1.165) is 28.6 Å². The number of carbonyl (C=O) groups excluding carboxylic acids is 1. The molecule has 20 heavy (non-hydrogen) atoms. The number of halogens is 1. The molecule has 1 unspecified atom stereocenters. The first-order valence-electron chi connectivity index (χ1n) is 6.64. The highest BCUT2D eigenvalue weighted by Gasteiger charge is 2.33. The van der Waals surface area contributed by atoms with E-state index in [2.05, 4.69) is 28.7 Å². The Hall–Kier alpha value is -1.12. The van der Waals surface area contributed by atoms with Gasteiger partial charge in [0.2, 0.25) is 5.70 Å². The van der Waals surface area contributed by atoms with E-state index in [-0.39, 0.29) is 17.4 Å². The number of hydrogen-bond acceptors (Lipinski definition) is 4. The first-order valence-corrected chi connectivity index (χ1v) is 7.72. The summed E-state index contributed by atoms with van der Waals surface area (Å²) in [5.74, 6) is -0.533. The van der Waals surface area contributed by atoms with Crippen LogP contribution in [0, 0.1) is 8.78 Å². The summed E-state index contributed by atoms with van der Waals surface area (Å²) in [5.41, 5.74) is 2.91. The lowest BCUT2D eigenvalue weighted by Crippen LogP contribution is -3.02. The quantitative estimate of drug-likeness (QED) is 0.475. The molecule has 0 saturated carbocycles. The summed E-state index contributed by atoms with van der Waals surface area (Å²) in [6.07, 6.45) is 3.65. The second kappa shape index (κ2) is 5.34. The van der Waals surface area contributed by atoms with Gasteiger partial charge >= 0.3 is 5.97 Å².